The standard InChI is InChI=1S/C24H25Cl2N5/c1-24(2)17-5-3-4-6-21(17)31(12-11-29-23(27)28)22-10-8-15(13-18(22)24)30-16-7-9-19(25)20(26)14-16/h3-10,13-14,30H,11-12H2,1-2H3,(H4,27,28,29). The van der Waals surface area contributed by atoms with Gasteiger partial charge in [0.25, 0.3) is 0 Å². The first-order chi connectivity index (χ1) is 14.8. The Morgan fingerprint density at radius 3 is 2.32 bits per heavy atom. The summed E-state index contributed by atoms with van der Waals surface area (Å²) in [6.45, 7) is 5.69. The van der Waals surface area contributed by atoms with Crippen molar-refractivity contribution in [2.24, 2.45) is 16.5 Å². The Morgan fingerprint density at radius 2 is 1.58 bits per heavy atom. The average Bonchev–Trinajstić information content (AvgIpc) is 2.73. The summed E-state index contributed by atoms with van der Waals surface area (Å²) >= 11 is 12.2. The minimum Gasteiger partial charge on any atom is -0.370 e. The average molecular weight is 454 g/mol. The minimum absolute atomic E-state index is 0.104. The van der Waals surface area contributed by atoms with Gasteiger partial charge in [-0.2, -0.15) is 0 Å². The number of benzene rings is 3. The molecule has 160 valence electrons. The van der Waals surface area contributed by atoms with E-state index < -0.39 is 0 Å². The van der Waals surface area contributed by atoms with Gasteiger partial charge in [-0.25, -0.2) is 0 Å². The van der Waals surface area contributed by atoms with Crippen LogP contribution in [0.15, 0.2) is 65.7 Å². The smallest absolute Gasteiger partial charge is 0.185 e. The first-order valence-corrected chi connectivity index (χ1v) is 10.8. The molecular weight excluding hydrogens is 429 g/mol. The van der Waals surface area contributed by atoms with Crippen molar-refractivity contribution in [2.75, 3.05) is 23.3 Å². The Balaban J connectivity index is 1.75. The van der Waals surface area contributed by atoms with Crippen LogP contribution in [0, 0.1) is 0 Å². The zero-order valence-electron chi connectivity index (χ0n) is 17.5. The van der Waals surface area contributed by atoms with E-state index in [1.54, 1.807) is 6.07 Å². The van der Waals surface area contributed by atoms with Crippen LogP contribution in [0.25, 0.3) is 0 Å². The third kappa shape index (κ3) is 4.16. The molecule has 0 bridgehead atoms. The molecule has 0 aliphatic carbocycles. The van der Waals surface area contributed by atoms with Gasteiger partial charge in [0.15, 0.2) is 5.96 Å². The number of anilines is 4. The topological polar surface area (TPSA) is 79.7 Å². The molecule has 7 heteroatoms. The molecular formula is C24H25Cl2N5. The van der Waals surface area contributed by atoms with Crippen LogP contribution in [0.3, 0.4) is 0 Å². The molecule has 0 spiro atoms. The van der Waals surface area contributed by atoms with Crippen molar-refractivity contribution in [3.05, 3.63) is 81.8 Å². The Labute approximate surface area is 192 Å². The molecule has 0 radical (unpaired) electrons. The van der Waals surface area contributed by atoms with E-state index in [-0.39, 0.29) is 11.4 Å². The van der Waals surface area contributed by atoms with Crippen LogP contribution in [0.2, 0.25) is 10.0 Å². The lowest BCUT2D eigenvalue weighted by atomic mass is 9.73. The van der Waals surface area contributed by atoms with E-state index in [2.05, 4.69) is 71.5 Å². The molecule has 0 fully saturated rings. The van der Waals surface area contributed by atoms with Crippen LogP contribution in [0.4, 0.5) is 22.7 Å². The second kappa shape index (κ2) is 8.33. The molecule has 3 aromatic carbocycles. The number of rotatable bonds is 5. The number of para-hydroxylation sites is 1. The summed E-state index contributed by atoms with van der Waals surface area (Å²) in [4.78, 5) is 6.47. The molecule has 31 heavy (non-hydrogen) atoms. The predicted molar refractivity (Wildman–Crippen MR) is 132 cm³/mol. The number of guanidine groups is 1. The Hall–Kier alpha value is -2.89. The van der Waals surface area contributed by atoms with Gasteiger partial charge in [-0.1, -0.05) is 55.2 Å². The van der Waals surface area contributed by atoms with Crippen LogP contribution >= 0.6 is 23.2 Å². The Kier molecular flexibility index (Phi) is 5.73. The summed E-state index contributed by atoms with van der Waals surface area (Å²) in [5, 5.41) is 4.49. The SMILES string of the molecule is CC1(C)c2ccccc2N(CCN=C(N)N)c2ccc(Nc3ccc(Cl)c(Cl)c3)cc21. The fourth-order valence-corrected chi connectivity index (χ4v) is 4.42. The van der Waals surface area contributed by atoms with E-state index in [0.717, 1.165) is 17.1 Å². The first kappa shape index (κ1) is 21.3. The molecule has 0 atom stereocenters. The highest BCUT2D eigenvalue weighted by atomic mass is 35.5. The number of nitrogens with two attached hydrogens (primary N) is 2. The van der Waals surface area contributed by atoms with Gasteiger partial charge in [0, 0.05) is 34.7 Å². The lowest BCUT2D eigenvalue weighted by Crippen LogP contribution is -2.34. The third-order valence-corrected chi connectivity index (χ3v) is 6.39. The number of hydrogen-bond acceptors (Lipinski definition) is 3. The van der Waals surface area contributed by atoms with Crippen molar-refractivity contribution in [1.82, 2.24) is 0 Å². The number of nitrogens with one attached hydrogen (secondary N) is 1. The van der Waals surface area contributed by atoms with Crippen LogP contribution in [-0.2, 0) is 5.41 Å². The maximum atomic E-state index is 6.18. The van der Waals surface area contributed by atoms with Crippen molar-refractivity contribution in [2.45, 2.75) is 19.3 Å². The van der Waals surface area contributed by atoms with Crippen LogP contribution in [0.5, 0.6) is 0 Å². The van der Waals surface area contributed by atoms with E-state index in [1.807, 2.05) is 12.1 Å². The van der Waals surface area contributed by atoms with Crippen molar-refractivity contribution in [3.8, 4) is 0 Å². The van der Waals surface area contributed by atoms with Crippen molar-refractivity contribution in [3.63, 3.8) is 0 Å². The van der Waals surface area contributed by atoms with E-state index in [1.165, 1.54) is 16.8 Å². The van der Waals surface area contributed by atoms with Gasteiger partial charge in [-0.3, -0.25) is 4.99 Å². The quantitative estimate of drug-likeness (QED) is 0.337. The fraction of sp³-hybridized carbons (Fsp3) is 0.208. The van der Waals surface area contributed by atoms with Gasteiger partial charge in [0.2, 0.25) is 0 Å². The molecule has 1 heterocycles. The predicted octanol–water partition coefficient (Wildman–Crippen LogP) is 5.79. The molecule has 3 aromatic rings. The van der Waals surface area contributed by atoms with Crippen LogP contribution in [0.1, 0.15) is 25.0 Å². The Morgan fingerprint density at radius 1 is 0.903 bits per heavy atom. The monoisotopic (exact) mass is 453 g/mol. The van der Waals surface area contributed by atoms with Gasteiger partial charge in [-0.15, -0.1) is 0 Å². The van der Waals surface area contributed by atoms with Crippen molar-refractivity contribution >= 4 is 51.9 Å². The highest BCUT2D eigenvalue weighted by Crippen LogP contribution is 2.49. The summed E-state index contributed by atoms with van der Waals surface area (Å²) in [6.07, 6.45) is 0. The summed E-state index contributed by atoms with van der Waals surface area (Å²) in [7, 11) is 0. The van der Waals surface area contributed by atoms with Gasteiger partial charge < -0.3 is 21.7 Å². The van der Waals surface area contributed by atoms with Gasteiger partial charge in [0.1, 0.15) is 0 Å². The number of halogens is 2. The van der Waals surface area contributed by atoms with E-state index in [9.17, 15) is 0 Å². The lowest BCUT2D eigenvalue weighted by molar-refractivity contribution is 0.624. The molecule has 4 rings (SSSR count). The van der Waals surface area contributed by atoms with Gasteiger partial charge in [-0.05, 0) is 53.6 Å². The minimum atomic E-state index is -0.173. The van der Waals surface area contributed by atoms with Crippen LogP contribution < -0.4 is 21.7 Å². The van der Waals surface area contributed by atoms with Gasteiger partial charge in [0.05, 0.1) is 16.6 Å². The number of fused-ring (bicyclic) bond motifs is 2. The second-order valence-corrected chi connectivity index (χ2v) is 8.90. The number of nitrogens with zero attached hydrogens (tertiary/aromatic N) is 2. The summed E-state index contributed by atoms with van der Waals surface area (Å²) in [6, 6.07) is 20.4. The zero-order valence-corrected chi connectivity index (χ0v) is 19.0. The van der Waals surface area contributed by atoms with E-state index in [0.29, 0.717) is 23.1 Å². The fourth-order valence-electron chi connectivity index (χ4n) is 4.12. The summed E-state index contributed by atoms with van der Waals surface area (Å²) < 4.78 is 0. The molecule has 1 aliphatic heterocycles. The Bertz CT molecular complexity index is 1150. The number of aliphatic imine (C=N–C) groups is 1. The van der Waals surface area contributed by atoms with Crippen LogP contribution in [-0.4, -0.2) is 19.0 Å². The molecule has 0 unspecified atom stereocenters. The van der Waals surface area contributed by atoms with Crippen molar-refractivity contribution < 1.29 is 0 Å². The largest absolute Gasteiger partial charge is 0.370 e. The maximum Gasteiger partial charge on any atom is 0.185 e. The molecule has 0 amide bonds. The molecule has 1 aliphatic rings. The normalized spacial score (nSPS) is 13.9. The first-order valence-electron chi connectivity index (χ1n) is 10.1. The molecule has 0 saturated heterocycles. The third-order valence-electron chi connectivity index (χ3n) is 5.66. The molecule has 5 N–H and O–H groups in total. The summed E-state index contributed by atoms with van der Waals surface area (Å²) in [5.74, 6) is 0.104. The maximum absolute atomic E-state index is 6.18. The molecule has 0 aromatic heterocycles. The summed E-state index contributed by atoms with van der Waals surface area (Å²) in [5.41, 5.74) is 17.6. The van der Waals surface area contributed by atoms with E-state index in [4.69, 9.17) is 34.7 Å². The van der Waals surface area contributed by atoms with Crippen molar-refractivity contribution in [1.29, 1.82) is 0 Å². The second-order valence-electron chi connectivity index (χ2n) is 8.09. The highest BCUT2D eigenvalue weighted by Gasteiger charge is 2.36. The molecule has 5 nitrogen and oxygen atoms in total. The van der Waals surface area contributed by atoms with E-state index >= 15 is 0 Å². The number of hydrogen-bond donors (Lipinski definition) is 3. The lowest BCUT2D eigenvalue weighted by Gasteiger charge is -2.42. The molecule has 0 saturated carbocycles. The zero-order chi connectivity index (χ0) is 22.2. The van der Waals surface area contributed by atoms with Gasteiger partial charge >= 0.3 is 0 Å². The highest BCUT2D eigenvalue weighted by molar-refractivity contribution is 6.42.